The molecule has 0 spiro atoms. The van der Waals surface area contributed by atoms with Crippen LogP contribution in [-0.4, -0.2) is 35.7 Å². The van der Waals surface area contributed by atoms with Crippen molar-refractivity contribution in [2.24, 2.45) is 0 Å². The fraction of sp³-hybridized carbons (Fsp3) is 0.727. The fourth-order valence-electron chi connectivity index (χ4n) is 1.36. The molecule has 0 aliphatic rings. The second-order valence-corrected chi connectivity index (χ2v) is 3.99. The zero-order valence-corrected chi connectivity index (χ0v) is 9.71. The van der Waals surface area contributed by atoms with E-state index in [1.54, 1.807) is 6.92 Å². The second kappa shape index (κ2) is 5.81. The summed E-state index contributed by atoms with van der Waals surface area (Å²) in [5.41, 5.74) is 0.436. The summed E-state index contributed by atoms with van der Waals surface area (Å²) in [5, 5.41) is 8.79. The lowest BCUT2D eigenvalue weighted by molar-refractivity contribution is -0.858. The van der Waals surface area contributed by atoms with Gasteiger partial charge in [-0.1, -0.05) is 13.3 Å². The van der Waals surface area contributed by atoms with Gasteiger partial charge in [-0.3, -0.25) is 4.48 Å². The van der Waals surface area contributed by atoms with Crippen LogP contribution in [0.1, 0.15) is 33.6 Å². The molecule has 0 amide bonds. The lowest BCUT2D eigenvalue weighted by Gasteiger charge is -2.29. The average Bonchev–Trinajstić information content (AvgIpc) is 2.14. The number of nitrogens with zero attached hydrogens (tertiary/aromatic N) is 1. The van der Waals surface area contributed by atoms with Gasteiger partial charge in [-0.25, -0.2) is 4.79 Å². The van der Waals surface area contributed by atoms with Gasteiger partial charge in [-0.05, 0) is 20.3 Å². The van der Waals surface area contributed by atoms with E-state index in [1.807, 2.05) is 6.20 Å². The third-order valence-corrected chi connectivity index (χ3v) is 2.59. The normalized spacial score (nSPS) is 16.4. The minimum atomic E-state index is -0.820. The van der Waals surface area contributed by atoms with Gasteiger partial charge in [0.05, 0.1) is 25.7 Å². The Morgan fingerprint density at radius 2 is 2.00 bits per heavy atom. The van der Waals surface area contributed by atoms with Crippen LogP contribution in [0.3, 0.4) is 0 Å². The van der Waals surface area contributed by atoms with Crippen molar-refractivity contribution < 1.29 is 14.4 Å². The molecule has 0 fully saturated rings. The molecule has 0 bridgehead atoms. The molecule has 0 saturated heterocycles. The van der Waals surface area contributed by atoms with E-state index in [9.17, 15) is 4.79 Å². The van der Waals surface area contributed by atoms with Gasteiger partial charge in [0.15, 0.2) is 0 Å². The van der Waals surface area contributed by atoms with Crippen molar-refractivity contribution in [2.75, 3.05) is 20.1 Å². The maximum atomic E-state index is 10.7. The zero-order valence-electron chi connectivity index (χ0n) is 9.71. The molecule has 0 aromatic carbocycles. The van der Waals surface area contributed by atoms with Crippen LogP contribution < -0.4 is 0 Å². The summed E-state index contributed by atoms with van der Waals surface area (Å²) in [6.45, 7) is 7.83. The van der Waals surface area contributed by atoms with Gasteiger partial charge >= 0.3 is 5.97 Å². The highest BCUT2D eigenvalue weighted by Gasteiger charge is 2.17. The summed E-state index contributed by atoms with van der Waals surface area (Å²) in [5.74, 6) is -0.820. The minimum Gasteiger partial charge on any atom is -0.478 e. The smallest absolute Gasteiger partial charge is 0.336 e. The molecule has 3 heteroatoms. The third-order valence-electron chi connectivity index (χ3n) is 2.59. The van der Waals surface area contributed by atoms with Gasteiger partial charge in [0.25, 0.3) is 0 Å². The Labute approximate surface area is 86.6 Å². The van der Waals surface area contributed by atoms with Crippen molar-refractivity contribution in [3.05, 3.63) is 11.8 Å². The van der Waals surface area contributed by atoms with E-state index in [2.05, 4.69) is 20.9 Å². The Morgan fingerprint density at radius 1 is 1.43 bits per heavy atom. The Bertz CT molecular complexity index is 223. The third kappa shape index (κ3) is 4.42. The highest BCUT2D eigenvalue weighted by atomic mass is 16.4. The maximum absolute atomic E-state index is 10.7. The van der Waals surface area contributed by atoms with E-state index in [4.69, 9.17) is 5.11 Å². The molecule has 1 unspecified atom stereocenters. The highest BCUT2D eigenvalue weighted by Crippen LogP contribution is 2.09. The summed E-state index contributed by atoms with van der Waals surface area (Å²) < 4.78 is 0.714. The van der Waals surface area contributed by atoms with Gasteiger partial charge in [-0.2, -0.15) is 0 Å². The molecule has 0 aromatic heterocycles. The van der Waals surface area contributed by atoms with E-state index < -0.39 is 5.97 Å². The lowest BCUT2D eigenvalue weighted by atomic mass is 10.2. The van der Waals surface area contributed by atoms with Crippen molar-refractivity contribution in [1.29, 1.82) is 0 Å². The van der Waals surface area contributed by atoms with Gasteiger partial charge in [0.2, 0.25) is 0 Å². The van der Waals surface area contributed by atoms with Gasteiger partial charge in [0.1, 0.15) is 6.20 Å². The van der Waals surface area contributed by atoms with Crippen LogP contribution in [-0.2, 0) is 4.79 Å². The van der Waals surface area contributed by atoms with Crippen LogP contribution in [0.2, 0.25) is 0 Å². The van der Waals surface area contributed by atoms with Gasteiger partial charge in [0, 0.05) is 0 Å². The molecule has 0 heterocycles. The SMILES string of the molecule is CCCC[N+](C)(C=C(C)C(=O)O)CC. The quantitative estimate of drug-likeness (QED) is 0.527. The summed E-state index contributed by atoms with van der Waals surface area (Å²) >= 11 is 0. The number of carboxylic acids is 1. The Morgan fingerprint density at radius 3 is 2.36 bits per heavy atom. The number of hydrogen-bond acceptors (Lipinski definition) is 1. The van der Waals surface area contributed by atoms with Crippen LogP contribution in [0.15, 0.2) is 11.8 Å². The predicted octanol–water partition coefficient (Wildman–Crippen LogP) is 2.24. The average molecular weight is 200 g/mol. The lowest BCUT2D eigenvalue weighted by Crippen LogP contribution is -2.39. The Hall–Kier alpha value is -0.830. The number of hydrogen-bond donors (Lipinski definition) is 1. The topological polar surface area (TPSA) is 37.3 Å². The molecular weight excluding hydrogens is 178 g/mol. The van der Waals surface area contributed by atoms with Crippen molar-refractivity contribution in [3.8, 4) is 0 Å². The molecule has 14 heavy (non-hydrogen) atoms. The summed E-state index contributed by atoms with van der Waals surface area (Å²) in [6.07, 6.45) is 4.12. The van der Waals surface area contributed by atoms with Crippen LogP contribution in [0.25, 0.3) is 0 Å². The van der Waals surface area contributed by atoms with Gasteiger partial charge in [-0.15, -0.1) is 0 Å². The highest BCUT2D eigenvalue weighted by molar-refractivity contribution is 5.85. The van der Waals surface area contributed by atoms with Crippen molar-refractivity contribution in [2.45, 2.75) is 33.6 Å². The summed E-state index contributed by atoms with van der Waals surface area (Å²) in [7, 11) is 2.07. The molecule has 3 nitrogen and oxygen atoms in total. The first kappa shape index (κ1) is 13.2. The van der Waals surface area contributed by atoms with Crippen molar-refractivity contribution in [3.63, 3.8) is 0 Å². The molecule has 1 N–H and O–H groups in total. The number of aliphatic carboxylic acids is 1. The molecule has 1 atom stereocenters. The number of unbranched alkanes of at least 4 members (excludes halogenated alkanes) is 1. The standard InChI is InChI=1S/C11H21NO2/c1-5-7-8-12(4,6-2)9-10(3)11(13)14/h9H,5-8H2,1-4H3/p+1. The van der Waals surface area contributed by atoms with Crippen LogP contribution >= 0.6 is 0 Å². The first-order chi connectivity index (χ1) is 6.45. The molecule has 82 valence electrons. The van der Waals surface area contributed by atoms with Crippen LogP contribution in [0, 0.1) is 0 Å². The Kier molecular flexibility index (Phi) is 5.46. The first-order valence-electron chi connectivity index (χ1n) is 5.22. The molecule has 0 rings (SSSR count). The molecule has 0 aromatic rings. The number of carbonyl (C=O) groups is 1. The fourth-order valence-corrected chi connectivity index (χ4v) is 1.36. The van der Waals surface area contributed by atoms with E-state index in [-0.39, 0.29) is 0 Å². The monoisotopic (exact) mass is 200 g/mol. The molecule has 0 aliphatic heterocycles. The van der Waals surface area contributed by atoms with E-state index in [0.29, 0.717) is 10.1 Å². The minimum absolute atomic E-state index is 0.436. The van der Waals surface area contributed by atoms with E-state index >= 15 is 0 Å². The number of carboxylic acid groups (broad SMARTS) is 1. The van der Waals surface area contributed by atoms with Crippen molar-refractivity contribution in [1.82, 2.24) is 0 Å². The number of quaternary nitrogens is 1. The molecule has 0 radical (unpaired) electrons. The zero-order chi connectivity index (χ0) is 11.2. The van der Waals surface area contributed by atoms with Crippen molar-refractivity contribution >= 4 is 5.97 Å². The number of rotatable bonds is 6. The molecule has 0 saturated carbocycles. The first-order valence-corrected chi connectivity index (χ1v) is 5.22. The summed E-state index contributed by atoms with van der Waals surface area (Å²) in [4.78, 5) is 10.7. The summed E-state index contributed by atoms with van der Waals surface area (Å²) in [6, 6.07) is 0. The largest absolute Gasteiger partial charge is 0.478 e. The van der Waals surface area contributed by atoms with Crippen LogP contribution in [0.5, 0.6) is 0 Å². The maximum Gasteiger partial charge on any atom is 0.336 e. The molecule has 0 aliphatic carbocycles. The van der Waals surface area contributed by atoms with Gasteiger partial charge < -0.3 is 5.11 Å². The van der Waals surface area contributed by atoms with E-state index in [0.717, 1.165) is 25.9 Å². The van der Waals surface area contributed by atoms with E-state index in [1.165, 1.54) is 0 Å². The second-order valence-electron chi connectivity index (χ2n) is 3.99. The Balaban J connectivity index is 4.52. The molecular formula is C11H22NO2+. The predicted molar refractivity (Wildman–Crippen MR) is 57.9 cm³/mol. The van der Waals surface area contributed by atoms with Crippen LogP contribution in [0.4, 0.5) is 0 Å².